The highest BCUT2D eigenvalue weighted by molar-refractivity contribution is 6.17. The van der Waals surface area contributed by atoms with Crippen LogP contribution in [0.1, 0.15) is 30.9 Å². The summed E-state index contributed by atoms with van der Waals surface area (Å²) in [5.41, 5.74) is 0. The number of hydrogen-bond acceptors (Lipinski definition) is 3. The molecule has 1 unspecified atom stereocenters. The zero-order chi connectivity index (χ0) is 10.5. The summed E-state index contributed by atoms with van der Waals surface area (Å²) in [6.45, 7) is 0.882. The molecule has 0 aliphatic carbocycles. The molecule has 84 valence electrons. The molecule has 0 radical (unpaired) electrons. The zero-order valence-corrected chi connectivity index (χ0v) is 9.50. The summed E-state index contributed by atoms with van der Waals surface area (Å²) in [6, 6.07) is 0. The molecule has 2 rings (SSSR count). The van der Waals surface area contributed by atoms with E-state index in [-0.39, 0.29) is 0 Å². The first-order valence-electron chi connectivity index (χ1n) is 5.49. The molecule has 0 bridgehead atoms. The van der Waals surface area contributed by atoms with Gasteiger partial charge in [-0.05, 0) is 19.3 Å². The summed E-state index contributed by atoms with van der Waals surface area (Å²) in [6.07, 6.45) is 7.22. The van der Waals surface area contributed by atoms with Crippen molar-refractivity contribution in [1.82, 2.24) is 4.98 Å². The van der Waals surface area contributed by atoms with Crippen LogP contribution >= 0.6 is 11.6 Å². The van der Waals surface area contributed by atoms with E-state index in [1.54, 1.807) is 6.20 Å². The molecule has 1 saturated heterocycles. The molecule has 1 aromatic rings. The monoisotopic (exact) mass is 229 g/mol. The van der Waals surface area contributed by atoms with Gasteiger partial charge in [-0.2, -0.15) is 0 Å². The van der Waals surface area contributed by atoms with Gasteiger partial charge in [0.15, 0.2) is 5.89 Å². The number of ether oxygens (including phenoxy) is 1. The van der Waals surface area contributed by atoms with Crippen LogP contribution in [0.25, 0.3) is 0 Å². The van der Waals surface area contributed by atoms with Crippen LogP contribution in [-0.4, -0.2) is 23.6 Å². The fourth-order valence-corrected chi connectivity index (χ4v) is 1.99. The zero-order valence-electron chi connectivity index (χ0n) is 8.75. The molecule has 1 atom stereocenters. The van der Waals surface area contributed by atoms with Gasteiger partial charge in [-0.15, -0.1) is 11.6 Å². The molecule has 3 nitrogen and oxygen atoms in total. The van der Waals surface area contributed by atoms with Crippen molar-refractivity contribution in [2.45, 2.75) is 38.2 Å². The summed E-state index contributed by atoms with van der Waals surface area (Å²) >= 11 is 5.61. The predicted molar refractivity (Wildman–Crippen MR) is 58.2 cm³/mol. The van der Waals surface area contributed by atoms with Crippen molar-refractivity contribution in [3.8, 4) is 0 Å². The predicted octanol–water partition coefficient (Wildman–Crippen LogP) is 2.57. The lowest BCUT2D eigenvalue weighted by Crippen LogP contribution is -2.21. The molecule has 0 N–H and O–H groups in total. The van der Waals surface area contributed by atoms with Gasteiger partial charge in [-0.25, -0.2) is 4.98 Å². The second-order valence-electron chi connectivity index (χ2n) is 3.85. The van der Waals surface area contributed by atoms with Crippen molar-refractivity contribution in [3.63, 3.8) is 0 Å². The average Bonchev–Trinajstić information content (AvgIpc) is 2.68. The van der Waals surface area contributed by atoms with Crippen molar-refractivity contribution in [2.24, 2.45) is 0 Å². The molecule has 1 aliphatic heterocycles. The van der Waals surface area contributed by atoms with Gasteiger partial charge in [0.25, 0.3) is 0 Å². The summed E-state index contributed by atoms with van der Waals surface area (Å²) in [5, 5.41) is 0. The Hall–Kier alpha value is -0.540. The van der Waals surface area contributed by atoms with E-state index in [2.05, 4.69) is 4.98 Å². The van der Waals surface area contributed by atoms with E-state index in [1.807, 2.05) is 0 Å². The third-order valence-corrected chi connectivity index (χ3v) is 2.80. The molecular formula is C11H16ClNO2. The van der Waals surface area contributed by atoms with Crippen LogP contribution in [0.5, 0.6) is 0 Å². The van der Waals surface area contributed by atoms with Gasteiger partial charge in [0, 0.05) is 25.3 Å². The van der Waals surface area contributed by atoms with Gasteiger partial charge < -0.3 is 9.15 Å². The Morgan fingerprint density at radius 3 is 3.13 bits per heavy atom. The van der Waals surface area contributed by atoms with Gasteiger partial charge in [0.1, 0.15) is 5.76 Å². The number of aromatic nitrogens is 1. The first-order chi connectivity index (χ1) is 7.38. The summed E-state index contributed by atoms with van der Waals surface area (Å²) in [4.78, 5) is 4.16. The third-order valence-electron chi connectivity index (χ3n) is 2.61. The highest BCUT2D eigenvalue weighted by atomic mass is 35.5. The van der Waals surface area contributed by atoms with Crippen molar-refractivity contribution in [3.05, 3.63) is 17.8 Å². The third kappa shape index (κ3) is 3.21. The first kappa shape index (κ1) is 11.0. The van der Waals surface area contributed by atoms with Gasteiger partial charge in [0.2, 0.25) is 0 Å². The number of alkyl halides is 1. The minimum atomic E-state index is 0.315. The number of aryl methyl sites for hydroxylation is 1. The molecule has 4 heteroatoms. The largest absolute Gasteiger partial charge is 0.446 e. The minimum absolute atomic E-state index is 0.315. The molecule has 0 aromatic carbocycles. The van der Waals surface area contributed by atoms with Crippen LogP contribution < -0.4 is 0 Å². The van der Waals surface area contributed by atoms with Crippen LogP contribution in [0.4, 0.5) is 0 Å². The summed E-state index contributed by atoms with van der Waals surface area (Å²) in [7, 11) is 0. The maximum atomic E-state index is 5.64. The van der Waals surface area contributed by atoms with Gasteiger partial charge in [-0.1, -0.05) is 0 Å². The highest BCUT2D eigenvalue weighted by Gasteiger charge is 2.16. The van der Waals surface area contributed by atoms with Gasteiger partial charge >= 0.3 is 0 Å². The Balaban J connectivity index is 1.86. The van der Waals surface area contributed by atoms with E-state index in [4.69, 9.17) is 20.8 Å². The second-order valence-corrected chi connectivity index (χ2v) is 4.23. The van der Waals surface area contributed by atoms with Gasteiger partial charge in [0.05, 0.1) is 12.3 Å². The Morgan fingerprint density at radius 2 is 2.40 bits per heavy atom. The molecule has 1 fully saturated rings. The van der Waals surface area contributed by atoms with Crippen molar-refractivity contribution >= 4 is 11.6 Å². The number of rotatable bonds is 4. The van der Waals surface area contributed by atoms with E-state index >= 15 is 0 Å². The van der Waals surface area contributed by atoms with E-state index in [0.29, 0.717) is 18.4 Å². The average molecular weight is 230 g/mol. The Labute approximate surface area is 94.8 Å². The SMILES string of the molecule is ClCCc1ncc(CC2CCCCO2)o1. The normalized spacial score (nSPS) is 21.8. The lowest BCUT2D eigenvalue weighted by atomic mass is 10.1. The number of nitrogens with zero attached hydrogens (tertiary/aromatic N) is 1. The van der Waals surface area contributed by atoms with Crippen molar-refractivity contribution in [2.75, 3.05) is 12.5 Å². The number of oxazole rings is 1. The molecule has 0 saturated carbocycles. The maximum Gasteiger partial charge on any atom is 0.195 e. The lowest BCUT2D eigenvalue weighted by molar-refractivity contribution is 0.0138. The fraction of sp³-hybridized carbons (Fsp3) is 0.727. The minimum Gasteiger partial charge on any atom is -0.446 e. The lowest BCUT2D eigenvalue weighted by Gasteiger charge is -2.21. The molecular weight excluding hydrogens is 214 g/mol. The van der Waals surface area contributed by atoms with Crippen LogP contribution in [0, 0.1) is 0 Å². The second kappa shape index (κ2) is 5.52. The number of halogens is 1. The van der Waals surface area contributed by atoms with Crippen LogP contribution in [0.15, 0.2) is 10.6 Å². The first-order valence-corrected chi connectivity index (χ1v) is 6.03. The van der Waals surface area contributed by atoms with Crippen LogP contribution in [0.3, 0.4) is 0 Å². The molecule has 2 heterocycles. The Morgan fingerprint density at radius 1 is 1.47 bits per heavy atom. The van der Waals surface area contributed by atoms with E-state index in [9.17, 15) is 0 Å². The van der Waals surface area contributed by atoms with Crippen molar-refractivity contribution < 1.29 is 9.15 Å². The molecule has 1 aliphatic rings. The van der Waals surface area contributed by atoms with Crippen LogP contribution in [-0.2, 0) is 17.6 Å². The Bertz CT molecular complexity index is 295. The molecule has 0 amide bonds. The highest BCUT2D eigenvalue weighted by Crippen LogP contribution is 2.17. The van der Waals surface area contributed by atoms with E-state index < -0.39 is 0 Å². The number of hydrogen-bond donors (Lipinski definition) is 0. The molecule has 0 spiro atoms. The Kier molecular flexibility index (Phi) is 4.03. The van der Waals surface area contributed by atoms with Gasteiger partial charge in [-0.3, -0.25) is 0 Å². The fourth-order valence-electron chi connectivity index (χ4n) is 1.83. The van der Waals surface area contributed by atoms with Crippen molar-refractivity contribution in [1.29, 1.82) is 0 Å². The quantitative estimate of drug-likeness (QED) is 0.745. The molecule has 1 aromatic heterocycles. The van der Waals surface area contributed by atoms with Crippen LogP contribution in [0.2, 0.25) is 0 Å². The topological polar surface area (TPSA) is 35.3 Å². The summed E-state index contributed by atoms with van der Waals surface area (Å²) in [5.74, 6) is 2.21. The van der Waals surface area contributed by atoms with E-state index in [1.165, 1.54) is 12.8 Å². The summed E-state index contributed by atoms with van der Waals surface area (Å²) < 4.78 is 11.2. The molecule has 15 heavy (non-hydrogen) atoms. The standard InChI is InChI=1S/C11H16ClNO2/c12-5-4-11-13-8-10(15-11)7-9-3-1-2-6-14-9/h8-9H,1-7H2. The maximum absolute atomic E-state index is 5.64. The smallest absolute Gasteiger partial charge is 0.195 e. The van der Waals surface area contributed by atoms with E-state index in [0.717, 1.165) is 31.1 Å².